The van der Waals surface area contributed by atoms with E-state index < -0.39 is 17.1 Å². The molecule has 0 bridgehead atoms. The lowest BCUT2D eigenvalue weighted by atomic mass is 10.1. The van der Waals surface area contributed by atoms with Gasteiger partial charge >= 0.3 is 0 Å². The summed E-state index contributed by atoms with van der Waals surface area (Å²) in [6, 6.07) is 2.30. The van der Waals surface area contributed by atoms with Crippen LogP contribution in [0.3, 0.4) is 0 Å². The van der Waals surface area contributed by atoms with E-state index in [0.29, 0.717) is 0 Å². The van der Waals surface area contributed by atoms with Crippen LogP contribution >= 0.6 is 0 Å². The second-order valence-electron chi connectivity index (χ2n) is 3.98. The van der Waals surface area contributed by atoms with Crippen LogP contribution in [0.2, 0.25) is 0 Å². The molecule has 0 fully saturated rings. The number of rotatable bonds is 6. The zero-order chi connectivity index (χ0) is 14.4. The van der Waals surface area contributed by atoms with Gasteiger partial charge in [0.15, 0.2) is 0 Å². The van der Waals surface area contributed by atoms with Crippen LogP contribution < -0.4 is 5.32 Å². The smallest absolute Gasteiger partial charge is 0.272 e. The third-order valence-electron chi connectivity index (χ3n) is 2.46. The van der Waals surface area contributed by atoms with E-state index in [-0.39, 0.29) is 30.3 Å². The first-order valence-corrected chi connectivity index (χ1v) is 5.62. The van der Waals surface area contributed by atoms with Crippen LogP contribution in [0.15, 0.2) is 18.3 Å². The van der Waals surface area contributed by atoms with Gasteiger partial charge in [-0.25, -0.2) is 0 Å². The Kier molecular flexibility index (Phi) is 5.34. The molecule has 1 aromatic rings. The van der Waals surface area contributed by atoms with Crippen LogP contribution in [0, 0.1) is 10.1 Å². The second-order valence-corrected chi connectivity index (χ2v) is 3.98. The molecule has 8 nitrogen and oxygen atoms in total. The minimum atomic E-state index is -1.34. The Balaban J connectivity index is 2.65. The van der Waals surface area contributed by atoms with Crippen molar-refractivity contribution >= 4 is 11.6 Å². The molecular weight excluding hydrogens is 254 g/mol. The van der Waals surface area contributed by atoms with Crippen molar-refractivity contribution in [1.82, 2.24) is 10.3 Å². The molecule has 8 heteroatoms. The van der Waals surface area contributed by atoms with Gasteiger partial charge in [-0.15, -0.1) is 0 Å². The predicted molar refractivity (Wildman–Crippen MR) is 65.2 cm³/mol. The van der Waals surface area contributed by atoms with E-state index in [0.717, 1.165) is 6.07 Å². The molecule has 2 unspecified atom stereocenters. The third kappa shape index (κ3) is 4.60. The molecule has 0 aromatic carbocycles. The summed E-state index contributed by atoms with van der Waals surface area (Å²) in [6.07, 6.45) is -1.20. The molecule has 3 N–H and O–H groups in total. The lowest BCUT2D eigenvalue weighted by molar-refractivity contribution is -0.385. The molecule has 1 rings (SSSR count). The molecule has 2 atom stereocenters. The van der Waals surface area contributed by atoms with Crippen molar-refractivity contribution in [3.63, 3.8) is 0 Å². The highest BCUT2D eigenvalue weighted by Crippen LogP contribution is 2.20. The predicted octanol–water partition coefficient (Wildman–Crippen LogP) is -0.0897. The molecule has 1 aromatic heterocycles. The van der Waals surface area contributed by atoms with Crippen LogP contribution in [0.4, 0.5) is 5.69 Å². The fourth-order valence-electron chi connectivity index (χ4n) is 1.46. The van der Waals surface area contributed by atoms with Gasteiger partial charge in [-0.2, -0.15) is 0 Å². The van der Waals surface area contributed by atoms with Crippen molar-refractivity contribution in [2.24, 2.45) is 0 Å². The van der Waals surface area contributed by atoms with E-state index in [4.69, 9.17) is 0 Å². The molecule has 0 aliphatic carbocycles. The van der Waals surface area contributed by atoms with Gasteiger partial charge in [0.05, 0.1) is 16.7 Å². The minimum Gasteiger partial charge on any atom is -0.390 e. The van der Waals surface area contributed by atoms with E-state index in [1.807, 2.05) is 0 Å². The molecule has 0 aliphatic heterocycles. The Morgan fingerprint density at radius 1 is 1.58 bits per heavy atom. The Morgan fingerprint density at radius 2 is 2.26 bits per heavy atom. The van der Waals surface area contributed by atoms with Crippen molar-refractivity contribution < 1.29 is 19.9 Å². The number of pyridine rings is 1. The summed E-state index contributed by atoms with van der Waals surface area (Å²) in [5, 5.41) is 32.6. The summed E-state index contributed by atoms with van der Waals surface area (Å²) < 4.78 is 0. The topological polar surface area (TPSA) is 126 Å². The zero-order valence-electron chi connectivity index (χ0n) is 10.3. The van der Waals surface area contributed by atoms with E-state index in [1.165, 1.54) is 19.2 Å². The van der Waals surface area contributed by atoms with Gasteiger partial charge in [0.25, 0.3) is 5.69 Å². The van der Waals surface area contributed by atoms with Crippen LogP contribution in [-0.2, 0) is 4.79 Å². The number of nitrogens with zero attached hydrogens (tertiary/aromatic N) is 2. The molecule has 104 valence electrons. The van der Waals surface area contributed by atoms with E-state index in [9.17, 15) is 25.1 Å². The van der Waals surface area contributed by atoms with Crippen molar-refractivity contribution in [2.75, 3.05) is 6.54 Å². The van der Waals surface area contributed by atoms with Gasteiger partial charge in [-0.05, 0) is 6.42 Å². The third-order valence-corrected chi connectivity index (χ3v) is 2.46. The molecule has 0 spiro atoms. The van der Waals surface area contributed by atoms with E-state index in [2.05, 4.69) is 10.3 Å². The quantitative estimate of drug-likeness (QED) is 0.489. The summed E-state index contributed by atoms with van der Waals surface area (Å²) >= 11 is 0. The van der Waals surface area contributed by atoms with Gasteiger partial charge in [0.2, 0.25) is 5.91 Å². The Morgan fingerprint density at radius 3 is 2.84 bits per heavy atom. The van der Waals surface area contributed by atoms with Crippen molar-refractivity contribution in [2.45, 2.75) is 25.6 Å². The van der Waals surface area contributed by atoms with Crippen molar-refractivity contribution in [3.8, 4) is 0 Å². The fraction of sp³-hybridized carbons (Fsp3) is 0.455. The SMILES string of the molecule is CC(=O)NCCC(O)C(O)c1cc([N+](=O)[O-])ccn1. The molecular formula is C11H15N3O5. The number of nitro groups is 1. The minimum absolute atomic E-state index is 0.0181. The maximum atomic E-state index is 10.6. The molecule has 1 amide bonds. The van der Waals surface area contributed by atoms with Crippen LogP contribution in [0.1, 0.15) is 25.1 Å². The van der Waals surface area contributed by atoms with Crippen LogP contribution in [0.5, 0.6) is 0 Å². The Labute approximate surface area is 109 Å². The number of aromatic nitrogens is 1. The summed E-state index contributed by atoms with van der Waals surface area (Å²) in [5.41, 5.74) is -0.192. The molecule has 0 radical (unpaired) electrons. The second kappa shape index (κ2) is 6.76. The summed E-state index contributed by atoms with van der Waals surface area (Å²) in [5.74, 6) is -0.241. The number of amides is 1. The summed E-state index contributed by atoms with van der Waals surface area (Å²) in [6.45, 7) is 1.54. The lowest BCUT2D eigenvalue weighted by Gasteiger charge is -2.17. The van der Waals surface area contributed by atoms with E-state index >= 15 is 0 Å². The molecule has 0 aliphatic rings. The van der Waals surface area contributed by atoms with E-state index in [1.54, 1.807) is 0 Å². The number of carbonyl (C=O) groups is 1. The maximum Gasteiger partial charge on any atom is 0.272 e. The van der Waals surface area contributed by atoms with Gasteiger partial charge < -0.3 is 15.5 Å². The van der Waals surface area contributed by atoms with Crippen molar-refractivity contribution in [3.05, 3.63) is 34.1 Å². The van der Waals surface area contributed by atoms with Gasteiger partial charge in [-0.1, -0.05) is 0 Å². The first-order valence-electron chi connectivity index (χ1n) is 5.62. The highest BCUT2D eigenvalue weighted by molar-refractivity contribution is 5.72. The Hall–Kier alpha value is -2.06. The maximum absolute atomic E-state index is 10.6. The largest absolute Gasteiger partial charge is 0.390 e. The van der Waals surface area contributed by atoms with Gasteiger partial charge in [-0.3, -0.25) is 19.9 Å². The lowest BCUT2D eigenvalue weighted by Crippen LogP contribution is -2.28. The number of aliphatic hydroxyl groups is 2. The molecule has 0 saturated heterocycles. The van der Waals surface area contributed by atoms with Gasteiger partial charge in [0.1, 0.15) is 6.10 Å². The number of nitrogens with one attached hydrogen (secondary N) is 1. The average molecular weight is 269 g/mol. The standard InChI is InChI=1S/C11H15N3O5/c1-7(15)12-5-3-10(16)11(17)9-6-8(14(18)19)2-4-13-9/h2,4,6,10-11,16-17H,3,5H2,1H3,(H,12,15). The molecule has 1 heterocycles. The van der Waals surface area contributed by atoms with Crippen LogP contribution in [-0.4, -0.2) is 38.7 Å². The highest BCUT2D eigenvalue weighted by atomic mass is 16.6. The van der Waals surface area contributed by atoms with Crippen molar-refractivity contribution in [1.29, 1.82) is 0 Å². The average Bonchev–Trinajstić information content (AvgIpc) is 2.37. The molecule has 0 saturated carbocycles. The Bertz CT molecular complexity index is 465. The summed E-state index contributed by atoms with van der Waals surface area (Å²) in [4.78, 5) is 24.4. The zero-order valence-corrected chi connectivity index (χ0v) is 10.3. The van der Waals surface area contributed by atoms with Gasteiger partial charge in [0, 0.05) is 31.8 Å². The van der Waals surface area contributed by atoms with Crippen LogP contribution in [0.25, 0.3) is 0 Å². The first kappa shape index (κ1) is 15.0. The summed E-state index contributed by atoms with van der Waals surface area (Å²) in [7, 11) is 0. The normalized spacial score (nSPS) is 13.6. The number of hydrogen-bond donors (Lipinski definition) is 3. The monoisotopic (exact) mass is 269 g/mol. The number of carbonyl (C=O) groups excluding carboxylic acids is 1. The molecule has 19 heavy (non-hydrogen) atoms. The highest BCUT2D eigenvalue weighted by Gasteiger charge is 2.21. The first-order chi connectivity index (χ1) is 8.91. The number of aliphatic hydroxyl groups excluding tert-OH is 2. The number of hydrogen-bond acceptors (Lipinski definition) is 6. The fourth-order valence-corrected chi connectivity index (χ4v) is 1.46.